The molecule has 13 nitrogen and oxygen atoms in total. The molecule has 15 heteroatoms. The molecule has 3 unspecified atom stereocenters. The Bertz CT molecular complexity index is 1400. The number of rotatable bonds is 14. The second kappa shape index (κ2) is 16.1. The fourth-order valence-electron chi connectivity index (χ4n) is 4.80. The van der Waals surface area contributed by atoms with Crippen molar-refractivity contribution in [1.82, 2.24) is 21.0 Å². The van der Waals surface area contributed by atoms with Gasteiger partial charge in [-0.25, -0.2) is 13.9 Å². The number of benzene rings is 2. The van der Waals surface area contributed by atoms with Crippen molar-refractivity contribution >= 4 is 39.7 Å². The van der Waals surface area contributed by atoms with Gasteiger partial charge in [0.25, 0.3) is 11.8 Å². The van der Waals surface area contributed by atoms with Crippen molar-refractivity contribution in [2.24, 2.45) is 17.8 Å². The molecule has 0 aromatic heterocycles. The molecule has 0 fully saturated rings. The number of amides is 5. The number of hydrogen-bond acceptors (Lipinski definition) is 9. The molecule has 0 radical (unpaired) electrons. The predicted octanol–water partition coefficient (Wildman–Crippen LogP) is -2.54. The van der Waals surface area contributed by atoms with Gasteiger partial charge in [0.2, 0.25) is 17.7 Å². The zero-order valence-electron chi connectivity index (χ0n) is 24.1. The first-order chi connectivity index (χ1) is 19.8. The van der Waals surface area contributed by atoms with E-state index in [9.17, 15) is 42.2 Å². The summed E-state index contributed by atoms with van der Waals surface area (Å²) in [6.07, 6.45) is 0.0768. The third kappa shape index (κ3) is 9.95. The van der Waals surface area contributed by atoms with Gasteiger partial charge in [-0.15, -0.1) is 0 Å². The molecule has 5 amide bonds. The number of fused-ring (bicyclic) bond motifs is 1. The first-order valence-corrected chi connectivity index (χ1v) is 14.8. The Hall–Kier alpha value is -3.14. The molecule has 1 heterocycles. The summed E-state index contributed by atoms with van der Waals surface area (Å²) in [4.78, 5) is 66.5. The zero-order chi connectivity index (χ0) is 31.0. The summed E-state index contributed by atoms with van der Waals surface area (Å²) in [6.45, 7) is 2.58. The number of carbonyl (C=O) groups excluding carboxylic acids is 5. The topological polar surface area (TPSA) is 202 Å². The van der Waals surface area contributed by atoms with Crippen LogP contribution in [0.4, 0.5) is 0 Å². The SMILES string of the molecule is CC(C)CC(C(=O)NC(Cc1ccccc1)C(=O)NCCS(=O)(=O)[O-])C(CN1C(=O)c2ccccc2C1=O)C(=O)NO.[Na+]. The van der Waals surface area contributed by atoms with E-state index in [2.05, 4.69) is 10.6 Å². The van der Waals surface area contributed by atoms with Crippen LogP contribution in [-0.4, -0.2) is 77.5 Å². The average molecular weight is 625 g/mol. The third-order valence-electron chi connectivity index (χ3n) is 6.82. The molecule has 3 rings (SSSR count). The molecule has 2 aromatic rings. The normalized spacial score (nSPS) is 14.8. The number of carbonyl (C=O) groups is 5. The second-order valence-corrected chi connectivity index (χ2v) is 11.9. The van der Waals surface area contributed by atoms with E-state index in [0.717, 1.165) is 4.90 Å². The van der Waals surface area contributed by atoms with E-state index in [1.807, 2.05) is 0 Å². The van der Waals surface area contributed by atoms with Crippen LogP contribution in [0.1, 0.15) is 46.5 Å². The van der Waals surface area contributed by atoms with Crippen molar-refractivity contribution in [3.05, 3.63) is 71.3 Å². The van der Waals surface area contributed by atoms with Gasteiger partial charge in [0.15, 0.2) is 0 Å². The van der Waals surface area contributed by atoms with Crippen molar-refractivity contribution in [1.29, 1.82) is 0 Å². The largest absolute Gasteiger partial charge is 1.00 e. The summed E-state index contributed by atoms with van der Waals surface area (Å²) < 4.78 is 33.0. The number of nitrogens with one attached hydrogen (secondary N) is 3. The molecule has 0 saturated heterocycles. The van der Waals surface area contributed by atoms with Crippen molar-refractivity contribution in [2.45, 2.75) is 32.7 Å². The molecule has 0 saturated carbocycles. The van der Waals surface area contributed by atoms with Gasteiger partial charge in [-0.2, -0.15) is 0 Å². The molecule has 1 aliphatic rings. The summed E-state index contributed by atoms with van der Waals surface area (Å²) in [6, 6.07) is 13.5. The van der Waals surface area contributed by atoms with Crippen LogP contribution >= 0.6 is 0 Å². The average Bonchev–Trinajstić information content (AvgIpc) is 3.18. The molecule has 1 aliphatic heterocycles. The Morgan fingerprint density at radius 1 is 0.884 bits per heavy atom. The van der Waals surface area contributed by atoms with Crippen LogP contribution in [-0.2, 0) is 30.9 Å². The Labute approximate surface area is 271 Å². The van der Waals surface area contributed by atoms with Gasteiger partial charge in [-0.3, -0.25) is 34.1 Å². The van der Waals surface area contributed by atoms with Crippen LogP contribution in [0.15, 0.2) is 54.6 Å². The second-order valence-electron chi connectivity index (χ2n) is 10.4. The predicted molar refractivity (Wildman–Crippen MR) is 148 cm³/mol. The zero-order valence-corrected chi connectivity index (χ0v) is 26.9. The number of imide groups is 1. The Balaban J connectivity index is 0.00000645. The van der Waals surface area contributed by atoms with E-state index in [-0.39, 0.29) is 59.4 Å². The van der Waals surface area contributed by atoms with Crippen LogP contribution in [0.2, 0.25) is 0 Å². The van der Waals surface area contributed by atoms with Gasteiger partial charge in [0.1, 0.15) is 6.04 Å². The molecule has 4 N–H and O–H groups in total. The molecule has 43 heavy (non-hydrogen) atoms. The maximum absolute atomic E-state index is 13.7. The molecule has 2 aromatic carbocycles. The van der Waals surface area contributed by atoms with E-state index in [1.165, 1.54) is 17.6 Å². The van der Waals surface area contributed by atoms with Crippen LogP contribution in [0, 0.1) is 17.8 Å². The maximum atomic E-state index is 13.7. The minimum Gasteiger partial charge on any atom is -0.748 e. The van der Waals surface area contributed by atoms with Crippen LogP contribution < -0.4 is 45.7 Å². The van der Waals surface area contributed by atoms with Crippen molar-refractivity contribution in [2.75, 3.05) is 18.8 Å². The maximum Gasteiger partial charge on any atom is 1.00 e. The molecule has 0 spiro atoms. The molecule has 226 valence electrons. The van der Waals surface area contributed by atoms with Gasteiger partial charge in [-0.1, -0.05) is 56.3 Å². The van der Waals surface area contributed by atoms with Gasteiger partial charge in [0.05, 0.1) is 38.8 Å². The number of nitrogens with zero attached hydrogens (tertiary/aromatic N) is 1. The van der Waals surface area contributed by atoms with Gasteiger partial charge < -0.3 is 15.2 Å². The van der Waals surface area contributed by atoms with E-state index >= 15 is 0 Å². The van der Waals surface area contributed by atoms with E-state index in [4.69, 9.17) is 0 Å². The summed E-state index contributed by atoms with van der Waals surface area (Å²) in [7, 11) is -4.60. The summed E-state index contributed by atoms with van der Waals surface area (Å²) in [5.74, 6) is -7.42. The first kappa shape index (κ1) is 36.1. The Kier molecular flexibility index (Phi) is 13.5. The van der Waals surface area contributed by atoms with E-state index in [1.54, 1.807) is 56.3 Å². The molecule has 3 atom stereocenters. The monoisotopic (exact) mass is 624 g/mol. The van der Waals surface area contributed by atoms with Crippen molar-refractivity contribution in [3.8, 4) is 0 Å². The minimum atomic E-state index is -4.60. The standard InChI is InChI=1S/C28H34N4O9S.Na/c1-17(2)14-21(22(25(34)31-38)16-32-27(36)19-10-6-7-11-20(19)28(32)37)24(33)30-23(15-18-8-4-3-5-9-18)26(35)29-12-13-42(39,40)41;/h3-11,17,21-23,38H,12-16H2,1-2H3,(H,29,35)(H,30,33)(H,31,34)(H,39,40,41);/q;+1/p-1. The van der Waals surface area contributed by atoms with Crippen LogP contribution in [0.5, 0.6) is 0 Å². The third-order valence-corrected chi connectivity index (χ3v) is 7.52. The summed E-state index contributed by atoms with van der Waals surface area (Å²) in [5, 5.41) is 14.5. The van der Waals surface area contributed by atoms with Crippen molar-refractivity contribution in [3.63, 3.8) is 0 Å². The Morgan fingerprint density at radius 2 is 1.44 bits per heavy atom. The molecular formula is C28H33N4NaO9S. The summed E-state index contributed by atoms with van der Waals surface area (Å²) in [5.41, 5.74) is 2.48. The first-order valence-electron chi connectivity index (χ1n) is 13.3. The van der Waals surface area contributed by atoms with Gasteiger partial charge in [0, 0.05) is 19.5 Å². The van der Waals surface area contributed by atoms with Crippen molar-refractivity contribution < 1.29 is 71.7 Å². The molecular weight excluding hydrogens is 591 g/mol. The minimum absolute atomic E-state index is 0. The fraction of sp³-hybridized carbons (Fsp3) is 0.393. The fourth-order valence-corrected chi connectivity index (χ4v) is 5.15. The molecule has 0 aliphatic carbocycles. The van der Waals surface area contributed by atoms with Gasteiger partial charge in [-0.05, 0) is 30.0 Å². The summed E-state index contributed by atoms with van der Waals surface area (Å²) >= 11 is 0. The quantitative estimate of drug-likeness (QED) is 0.0574. The van der Waals surface area contributed by atoms with Crippen LogP contribution in [0.3, 0.4) is 0 Å². The van der Waals surface area contributed by atoms with Gasteiger partial charge >= 0.3 is 29.6 Å². The number of hydrogen-bond donors (Lipinski definition) is 4. The van der Waals surface area contributed by atoms with E-state index < -0.39 is 76.4 Å². The smallest absolute Gasteiger partial charge is 0.748 e. The Morgan fingerprint density at radius 3 is 1.95 bits per heavy atom. The number of hydroxylamine groups is 1. The van der Waals surface area contributed by atoms with Crippen LogP contribution in [0.25, 0.3) is 0 Å². The molecule has 0 bridgehead atoms. The van der Waals surface area contributed by atoms with E-state index in [0.29, 0.717) is 5.56 Å².